The van der Waals surface area contributed by atoms with Crippen LogP contribution in [-0.4, -0.2) is 18.6 Å². The van der Waals surface area contributed by atoms with Crippen LogP contribution in [0.2, 0.25) is 0 Å². The summed E-state index contributed by atoms with van der Waals surface area (Å²) in [7, 11) is 0. The second kappa shape index (κ2) is 5.48. The Hall–Kier alpha value is -1.84. The summed E-state index contributed by atoms with van der Waals surface area (Å²) in [6.45, 7) is -0.351. The van der Waals surface area contributed by atoms with Crippen molar-refractivity contribution in [1.82, 2.24) is 0 Å². The highest BCUT2D eigenvalue weighted by atomic mass is 19.1. The Balaban J connectivity index is 1.92. The Morgan fingerprint density at radius 3 is 2.76 bits per heavy atom. The number of rotatable bonds is 4. The molecule has 3 nitrogen and oxygen atoms in total. The molecule has 0 fully saturated rings. The lowest BCUT2D eigenvalue weighted by Crippen LogP contribution is -2.24. The van der Waals surface area contributed by atoms with Crippen molar-refractivity contribution in [3.8, 4) is 0 Å². The molecule has 2 rings (SSSR count). The Labute approximate surface area is 98.8 Å². The second-order valence-electron chi connectivity index (χ2n) is 3.80. The standard InChI is InChI=1S/C13H13FO3/c14-7-11-6-12(15)13(9-16-11)17-8-10-4-2-1-3-5-10/h1-5,9,11H,6-8H2. The van der Waals surface area contributed by atoms with Crippen LogP contribution in [0.25, 0.3) is 0 Å². The molecular weight excluding hydrogens is 223 g/mol. The maximum Gasteiger partial charge on any atom is 0.204 e. The van der Waals surface area contributed by atoms with Crippen molar-refractivity contribution in [3.63, 3.8) is 0 Å². The molecule has 4 heteroatoms. The summed E-state index contributed by atoms with van der Waals surface area (Å²) < 4.78 is 22.6. The first-order chi connectivity index (χ1) is 8.29. The van der Waals surface area contributed by atoms with Gasteiger partial charge in [-0.25, -0.2) is 4.39 Å². The maximum absolute atomic E-state index is 12.3. The highest BCUT2D eigenvalue weighted by molar-refractivity contribution is 5.94. The van der Waals surface area contributed by atoms with E-state index in [1.807, 2.05) is 30.3 Å². The molecule has 1 aromatic rings. The molecule has 1 atom stereocenters. The Bertz CT molecular complexity index is 414. The van der Waals surface area contributed by atoms with Gasteiger partial charge in [0.15, 0.2) is 5.76 Å². The zero-order chi connectivity index (χ0) is 12.1. The van der Waals surface area contributed by atoms with Crippen molar-refractivity contribution in [1.29, 1.82) is 0 Å². The molecule has 0 spiro atoms. The lowest BCUT2D eigenvalue weighted by molar-refractivity contribution is -0.124. The van der Waals surface area contributed by atoms with Crippen molar-refractivity contribution in [2.75, 3.05) is 6.67 Å². The zero-order valence-electron chi connectivity index (χ0n) is 9.27. The first kappa shape index (κ1) is 11.6. The van der Waals surface area contributed by atoms with Gasteiger partial charge < -0.3 is 9.47 Å². The van der Waals surface area contributed by atoms with Crippen LogP contribution < -0.4 is 0 Å². The van der Waals surface area contributed by atoms with Gasteiger partial charge in [-0.1, -0.05) is 30.3 Å². The van der Waals surface area contributed by atoms with Crippen LogP contribution in [0.4, 0.5) is 4.39 Å². The molecule has 17 heavy (non-hydrogen) atoms. The lowest BCUT2D eigenvalue weighted by atomic mass is 10.1. The van der Waals surface area contributed by atoms with Crippen molar-refractivity contribution in [2.24, 2.45) is 0 Å². The lowest BCUT2D eigenvalue weighted by Gasteiger charge is -2.19. The molecule has 0 bridgehead atoms. The van der Waals surface area contributed by atoms with Gasteiger partial charge in [0.05, 0.1) is 6.42 Å². The minimum Gasteiger partial charge on any atom is -0.491 e. The fraction of sp³-hybridized carbons (Fsp3) is 0.308. The summed E-state index contributed by atoms with van der Waals surface area (Å²) in [4.78, 5) is 11.5. The summed E-state index contributed by atoms with van der Waals surface area (Å²) in [6, 6.07) is 9.50. The zero-order valence-corrected chi connectivity index (χ0v) is 9.27. The summed E-state index contributed by atoms with van der Waals surface area (Å²) in [5.41, 5.74) is 0.966. The van der Waals surface area contributed by atoms with Gasteiger partial charge in [0.1, 0.15) is 25.6 Å². The monoisotopic (exact) mass is 236 g/mol. The number of halogens is 1. The van der Waals surface area contributed by atoms with Crippen molar-refractivity contribution < 1.29 is 18.7 Å². The molecule has 1 aromatic carbocycles. The van der Waals surface area contributed by atoms with Gasteiger partial charge in [-0.2, -0.15) is 0 Å². The molecule has 0 saturated heterocycles. The number of carbonyl (C=O) groups is 1. The number of benzene rings is 1. The van der Waals surface area contributed by atoms with Crippen LogP contribution in [0, 0.1) is 0 Å². The van der Waals surface area contributed by atoms with Gasteiger partial charge >= 0.3 is 0 Å². The molecular formula is C13H13FO3. The molecule has 0 amide bonds. The van der Waals surface area contributed by atoms with Crippen LogP contribution in [0.15, 0.2) is 42.4 Å². The number of ether oxygens (including phenoxy) is 2. The predicted molar refractivity (Wildman–Crippen MR) is 59.8 cm³/mol. The summed E-state index contributed by atoms with van der Waals surface area (Å²) in [5.74, 6) is -0.0478. The third kappa shape index (κ3) is 3.06. The molecule has 1 heterocycles. The quantitative estimate of drug-likeness (QED) is 0.805. The molecule has 90 valence electrons. The summed E-state index contributed by atoms with van der Waals surface area (Å²) >= 11 is 0. The molecule has 0 aliphatic carbocycles. The van der Waals surface area contributed by atoms with Crippen LogP contribution in [-0.2, 0) is 20.9 Å². The molecule has 0 aromatic heterocycles. The van der Waals surface area contributed by atoms with E-state index in [1.165, 1.54) is 6.26 Å². The van der Waals surface area contributed by atoms with E-state index in [4.69, 9.17) is 9.47 Å². The van der Waals surface area contributed by atoms with Gasteiger partial charge in [-0.15, -0.1) is 0 Å². The molecule has 1 aliphatic rings. The van der Waals surface area contributed by atoms with E-state index in [2.05, 4.69) is 0 Å². The normalized spacial score (nSPS) is 19.5. The van der Waals surface area contributed by atoms with E-state index in [1.54, 1.807) is 0 Å². The van der Waals surface area contributed by atoms with Gasteiger partial charge in [0.25, 0.3) is 0 Å². The van der Waals surface area contributed by atoms with Gasteiger partial charge in [-0.3, -0.25) is 4.79 Å². The SMILES string of the molecule is O=C1CC(CF)OC=C1OCc1ccccc1. The largest absolute Gasteiger partial charge is 0.491 e. The smallest absolute Gasteiger partial charge is 0.204 e. The summed E-state index contributed by atoms with van der Waals surface area (Å²) in [5, 5.41) is 0. The Kier molecular flexibility index (Phi) is 3.75. The topological polar surface area (TPSA) is 35.5 Å². The summed E-state index contributed by atoms with van der Waals surface area (Å²) in [6.07, 6.45) is 0.586. The van der Waals surface area contributed by atoms with E-state index in [0.29, 0.717) is 6.61 Å². The van der Waals surface area contributed by atoms with E-state index in [-0.39, 0.29) is 18.0 Å². The van der Waals surface area contributed by atoms with Gasteiger partial charge in [-0.05, 0) is 5.56 Å². The van der Waals surface area contributed by atoms with Crippen molar-refractivity contribution in [3.05, 3.63) is 47.9 Å². The van der Waals surface area contributed by atoms with Gasteiger partial charge in [0, 0.05) is 0 Å². The third-order valence-corrected chi connectivity index (χ3v) is 2.46. The number of carbonyl (C=O) groups excluding carboxylic acids is 1. The number of alkyl halides is 1. The third-order valence-electron chi connectivity index (χ3n) is 2.46. The fourth-order valence-corrected chi connectivity index (χ4v) is 1.52. The van der Waals surface area contributed by atoms with Crippen LogP contribution in [0.1, 0.15) is 12.0 Å². The number of hydrogen-bond acceptors (Lipinski definition) is 3. The highest BCUT2D eigenvalue weighted by Gasteiger charge is 2.24. The van der Waals surface area contributed by atoms with E-state index in [9.17, 15) is 9.18 Å². The first-order valence-corrected chi connectivity index (χ1v) is 5.41. The maximum atomic E-state index is 12.3. The Morgan fingerprint density at radius 2 is 2.12 bits per heavy atom. The van der Waals surface area contributed by atoms with Crippen LogP contribution >= 0.6 is 0 Å². The number of allylic oxidation sites excluding steroid dienone is 1. The van der Waals surface area contributed by atoms with E-state index < -0.39 is 12.8 Å². The predicted octanol–water partition coefficient (Wildman–Crippen LogP) is 2.37. The molecule has 0 saturated carbocycles. The van der Waals surface area contributed by atoms with Crippen molar-refractivity contribution >= 4 is 5.78 Å². The first-order valence-electron chi connectivity index (χ1n) is 5.41. The molecule has 1 unspecified atom stereocenters. The second-order valence-corrected chi connectivity index (χ2v) is 3.80. The number of Topliss-reactive ketones (excluding diaryl/α,β-unsaturated/α-hetero) is 1. The fourth-order valence-electron chi connectivity index (χ4n) is 1.52. The van der Waals surface area contributed by atoms with Crippen molar-refractivity contribution in [2.45, 2.75) is 19.1 Å². The molecule has 0 N–H and O–H groups in total. The number of hydrogen-bond donors (Lipinski definition) is 0. The minimum absolute atomic E-state index is 0.0388. The molecule has 1 aliphatic heterocycles. The van der Waals surface area contributed by atoms with E-state index in [0.717, 1.165) is 5.56 Å². The van der Waals surface area contributed by atoms with Crippen LogP contribution in [0.3, 0.4) is 0 Å². The average Bonchev–Trinajstić information content (AvgIpc) is 2.38. The highest BCUT2D eigenvalue weighted by Crippen LogP contribution is 2.17. The average molecular weight is 236 g/mol. The molecule has 0 radical (unpaired) electrons. The Morgan fingerprint density at radius 1 is 1.35 bits per heavy atom. The number of ketones is 1. The van der Waals surface area contributed by atoms with E-state index >= 15 is 0 Å². The van der Waals surface area contributed by atoms with Crippen LogP contribution in [0.5, 0.6) is 0 Å². The minimum atomic E-state index is -0.661. The van der Waals surface area contributed by atoms with Gasteiger partial charge in [0.2, 0.25) is 5.78 Å².